The molecule has 0 N–H and O–H groups in total. The van der Waals surface area contributed by atoms with E-state index in [1.165, 1.54) is 6.07 Å². The van der Waals surface area contributed by atoms with Gasteiger partial charge in [-0.05, 0) is 36.4 Å². The Kier molecular flexibility index (Phi) is 4.69. The minimum Gasteiger partial charge on any atom is -0.490 e. The maximum atomic E-state index is 14.7. The van der Waals surface area contributed by atoms with Crippen LogP contribution in [0.2, 0.25) is 0 Å². The molecule has 2 aromatic carbocycles. The molecule has 0 aliphatic carbocycles. The van der Waals surface area contributed by atoms with Crippen molar-refractivity contribution >= 4 is 22.2 Å². The summed E-state index contributed by atoms with van der Waals surface area (Å²) in [7, 11) is 0. The van der Waals surface area contributed by atoms with Crippen molar-refractivity contribution in [2.75, 3.05) is 6.61 Å². The second-order valence-corrected chi connectivity index (χ2v) is 8.67. The fraction of sp³-hybridized carbons (Fsp3) is 0.111. The highest BCUT2D eigenvalue weighted by Gasteiger charge is 2.30. The molecule has 0 radical (unpaired) electrons. The van der Waals surface area contributed by atoms with Gasteiger partial charge < -0.3 is 9.30 Å². The number of para-hydroxylation sites is 1. The molecule has 5 heterocycles. The number of hydrogen-bond acceptors (Lipinski definition) is 7. The van der Waals surface area contributed by atoms with E-state index in [0.29, 0.717) is 41.5 Å². The molecule has 0 amide bonds. The molecule has 1 unspecified atom stereocenters. The van der Waals surface area contributed by atoms with E-state index in [2.05, 4.69) is 21.0 Å². The van der Waals surface area contributed by atoms with Gasteiger partial charge in [-0.1, -0.05) is 12.1 Å². The average Bonchev–Trinajstić information content (AvgIpc) is 3.54. The van der Waals surface area contributed by atoms with E-state index in [-0.39, 0.29) is 11.8 Å². The van der Waals surface area contributed by atoms with Crippen LogP contribution in [0.1, 0.15) is 23.6 Å². The fourth-order valence-corrected chi connectivity index (χ4v) is 4.86. The zero-order valence-electron chi connectivity index (χ0n) is 19.3. The van der Waals surface area contributed by atoms with Crippen LogP contribution in [0.25, 0.3) is 39.5 Å². The minimum atomic E-state index is -0.400. The van der Waals surface area contributed by atoms with Crippen molar-refractivity contribution in [1.29, 1.82) is 5.26 Å². The van der Waals surface area contributed by atoms with Crippen LogP contribution in [0, 0.1) is 17.1 Å². The number of aromatic nitrogens is 7. The molecule has 9 nitrogen and oxygen atoms in total. The van der Waals surface area contributed by atoms with Crippen LogP contribution in [-0.4, -0.2) is 40.7 Å². The number of rotatable bonds is 3. The normalized spacial score (nSPS) is 14.9. The third kappa shape index (κ3) is 3.32. The zero-order valence-corrected chi connectivity index (χ0v) is 19.3. The monoisotopic (exact) mass is 488 g/mol. The fourth-order valence-electron chi connectivity index (χ4n) is 4.86. The summed E-state index contributed by atoms with van der Waals surface area (Å²) in [6.45, 7) is 0.353. The number of halogens is 1. The topological polar surface area (TPSA) is 107 Å². The Morgan fingerprint density at radius 3 is 2.84 bits per heavy atom. The third-order valence-electron chi connectivity index (χ3n) is 6.54. The summed E-state index contributed by atoms with van der Waals surface area (Å²) in [5.74, 6) is 0.883. The molecular formula is C27H17FN8O. The Labute approximate surface area is 209 Å². The van der Waals surface area contributed by atoms with E-state index in [1.807, 2.05) is 22.8 Å². The lowest BCUT2D eigenvalue weighted by molar-refractivity contribution is 0.246. The number of imidazole rings is 2. The standard InChI is InChI=1S/C27H17FN8O/c28-19-5-1-4-18-22(8-10-37-24(18)19)36-25(17-3-2-9-30-13-17)33-21-14-31-27(34-26(21)36)35-15-32-20-7-6-16(12-29)11-23(20)35/h1-7,9,11,13-15,22H,8,10H2. The number of benzene rings is 2. The van der Waals surface area contributed by atoms with E-state index < -0.39 is 5.82 Å². The highest BCUT2D eigenvalue weighted by atomic mass is 19.1. The molecule has 1 aliphatic rings. The molecule has 37 heavy (non-hydrogen) atoms. The number of nitriles is 1. The average molecular weight is 488 g/mol. The van der Waals surface area contributed by atoms with Crippen LogP contribution >= 0.6 is 0 Å². The predicted octanol–water partition coefficient (Wildman–Crippen LogP) is 4.61. The number of nitrogens with zero attached hydrogens (tertiary/aromatic N) is 8. The summed E-state index contributed by atoms with van der Waals surface area (Å²) in [6.07, 6.45) is 7.35. The highest BCUT2D eigenvalue weighted by Crippen LogP contribution is 2.40. The van der Waals surface area contributed by atoms with Crippen molar-refractivity contribution in [2.24, 2.45) is 0 Å². The molecule has 4 aromatic heterocycles. The Balaban J connectivity index is 1.49. The van der Waals surface area contributed by atoms with E-state index in [0.717, 1.165) is 22.2 Å². The Bertz CT molecular complexity index is 1850. The predicted molar refractivity (Wildman–Crippen MR) is 133 cm³/mol. The first-order chi connectivity index (χ1) is 18.2. The van der Waals surface area contributed by atoms with Gasteiger partial charge in [0, 0.05) is 29.9 Å². The van der Waals surface area contributed by atoms with Crippen LogP contribution in [0.3, 0.4) is 0 Å². The van der Waals surface area contributed by atoms with Gasteiger partial charge in [0.2, 0.25) is 5.95 Å². The van der Waals surface area contributed by atoms with Crippen LogP contribution in [0.15, 0.2) is 73.4 Å². The third-order valence-corrected chi connectivity index (χ3v) is 6.54. The van der Waals surface area contributed by atoms with E-state index in [9.17, 15) is 9.65 Å². The Morgan fingerprint density at radius 1 is 1.03 bits per heavy atom. The summed E-state index contributed by atoms with van der Waals surface area (Å²) in [5, 5.41) is 9.36. The summed E-state index contributed by atoms with van der Waals surface area (Å²) in [4.78, 5) is 23.0. The van der Waals surface area contributed by atoms with Crippen molar-refractivity contribution in [3.8, 4) is 29.2 Å². The van der Waals surface area contributed by atoms with Crippen molar-refractivity contribution < 1.29 is 9.13 Å². The molecular weight excluding hydrogens is 471 g/mol. The van der Waals surface area contributed by atoms with Gasteiger partial charge in [0.25, 0.3) is 0 Å². The molecule has 0 bridgehead atoms. The second kappa shape index (κ2) is 8.20. The molecule has 1 atom stereocenters. The molecule has 0 saturated carbocycles. The largest absolute Gasteiger partial charge is 0.490 e. The first-order valence-electron chi connectivity index (χ1n) is 11.7. The maximum Gasteiger partial charge on any atom is 0.237 e. The molecule has 6 aromatic rings. The Hall–Kier alpha value is -5.17. The highest BCUT2D eigenvalue weighted by molar-refractivity contribution is 5.80. The van der Waals surface area contributed by atoms with E-state index in [4.69, 9.17) is 14.7 Å². The summed E-state index contributed by atoms with van der Waals surface area (Å²) < 4.78 is 24.1. The SMILES string of the molecule is N#Cc1ccc2ncn(-c3ncc4nc(-c5cccnc5)n(C5CCOc6c(F)cccc65)c4n3)c2c1. The van der Waals surface area contributed by atoms with Gasteiger partial charge in [0.05, 0.1) is 41.5 Å². The zero-order chi connectivity index (χ0) is 24.9. The van der Waals surface area contributed by atoms with Crippen molar-refractivity contribution in [3.05, 3.63) is 90.4 Å². The van der Waals surface area contributed by atoms with Crippen molar-refractivity contribution in [3.63, 3.8) is 0 Å². The first-order valence-corrected chi connectivity index (χ1v) is 11.7. The maximum absolute atomic E-state index is 14.7. The molecule has 1 aliphatic heterocycles. The van der Waals surface area contributed by atoms with Gasteiger partial charge in [0.15, 0.2) is 17.2 Å². The van der Waals surface area contributed by atoms with Gasteiger partial charge in [-0.2, -0.15) is 10.2 Å². The number of fused-ring (bicyclic) bond motifs is 3. The van der Waals surface area contributed by atoms with Crippen LogP contribution in [-0.2, 0) is 0 Å². The van der Waals surface area contributed by atoms with Crippen LogP contribution in [0.5, 0.6) is 5.75 Å². The number of pyridine rings is 1. The van der Waals surface area contributed by atoms with Gasteiger partial charge in [0.1, 0.15) is 17.7 Å². The van der Waals surface area contributed by atoms with E-state index >= 15 is 0 Å². The molecule has 7 rings (SSSR count). The Morgan fingerprint density at radius 2 is 1.97 bits per heavy atom. The molecule has 0 fully saturated rings. The van der Waals surface area contributed by atoms with Gasteiger partial charge >= 0.3 is 0 Å². The lowest BCUT2D eigenvalue weighted by atomic mass is 9.99. The van der Waals surface area contributed by atoms with E-state index in [1.54, 1.807) is 53.8 Å². The number of hydrogen-bond donors (Lipinski definition) is 0. The molecule has 0 spiro atoms. The smallest absolute Gasteiger partial charge is 0.237 e. The van der Waals surface area contributed by atoms with Gasteiger partial charge in [-0.3, -0.25) is 9.55 Å². The summed E-state index contributed by atoms with van der Waals surface area (Å²) >= 11 is 0. The summed E-state index contributed by atoms with van der Waals surface area (Å²) in [6, 6.07) is 15.9. The van der Waals surface area contributed by atoms with Gasteiger partial charge in [-0.25, -0.2) is 19.3 Å². The minimum absolute atomic E-state index is 0.247. The quantitative estimate of drug-likeness (QED) is 0.358. The molecule has 10 heteroatoms. The van der Waals surface area contributed by atoms with Crippen molar-refractivity contribution in [1.82, 2.24) is 34.1 Å². The first kappa shape index (κ1) is 21.1. The summed E-state index contributed by atoms with van der Waals surface area (Å²) in [5.41, 5.74) is 4.66. The second-order valence-electron chi connectivity index (χ2n) is 8.67. The van der Waals surface area contributed by atoms with Crippen LogP contribution < -0.4 is 4.74 Å². The van der Waals surface area contributed by atoms with Gasteiger partial charge in [-0.15, -0.1) is 0 Å². The lowest BCUT2D eigenvalue weighted by Crippen LogP contribution is -2.22. The lowest BCUT2D eigenvalue weighted by Gasteiger charge is -2.28. The molecule has 0 saturated heterocycles. The number of ether oxygens (including phenoxy) is 1. The molecule has 178 valence electrons. The van der Waals surface area contributed by atoms with Crippen molar-refractivity contribution in [2.45, 2.75) is 12.5 Å². The van der Waals surface area contributed by atoms with Crippen LogP contribution in [0.4, 0.5) is 4.39 Å².